The van der Waals surface area contributed by atoms with E-state index >= 15 is 0 Å². The van der Waals surface area contributed by atoms with E-state index in [9.17, 15) is 4.79 Å². The molecule has 0 unspecified atom stereocenters. The largest absolute Gasteiger partial charge is 0.483 e. The Kier molecular flexibility index (Phi) is 4.70. The highest BCUT2D eigenvalue weighted by Gasteiger charge is 2.12. The second kappa shape index (κ2) is 6.50. The van der Waals surface area contributed by atoms with Crippen molar-refractivity contribution in [1.29, 1.82) is 0 Å². The van der Waals surface area contributed by atoms with Crippen LogP contribution in [0, 0.1) is 6.92 Å². The fourth-order valence-corrected chi connectivity index (χ4v) is 2.08. The number of likely N-dealkylation sites (N-methyl/N-ethyl adjacent to an activating group) is 1. The lowest BCUT2D eigenvalue weighted by atomic mass is 10.2. The van der Waals surface area contributed by atoms with Crippen LogP contribution < -0.4 is 15.4 Å². The van der Waals surface area contributed by atoms with Gasteiger partial charge in [-0.3, -0.25) is 4.79 Å². The first kappa shape index (κ1) is 15.2. The van der Waals surface area contributed by atoms with Gasteiger partial charge in [-0.1, -0.05) is 11.6 Å². The van der Waals surface area contributed by atoms with E-state index in [2.05, 4.69) is 0 Å². The Morgan fingerprint density at radius 1 is 1.24 bits per heavy atom. The number of amides is 1. The normalized spacial score (nSPS) is 10.2. The molecule has 0 saturated heterocycles. The molecule has 110 valence electrons. The molecule has 0 aliphatic carbocycles. The van der Waals surface area contributed by atoms with Crippen LogP contribution in [0.2, 0.25) is 5.02 Å². The van der Waals surface area contributed by atoms with E-state index in [0.29, 0.717) is 16.5 Å². The number of nitrogens with two attached hydrogens (primary N) is 1. The van der Waals surface area contributed by atoms with Crippen molar-refractivity contribution in [2.75, 3.05) is 24.3 Å². The molecular weight excluding hydrogens is 288 g/mol. The van der Waals surface area contributed by atoms with E-state index in [1.54, 1.807) is 49.5 Å². The minimum Gasteiger partial charge on any atom is -0.483 e. The maximum absolute atomic E-state index is 12.1. The third kappa shape index (κ3) is 3.89. The highest BCUT2D eigenvalue weighted by Crippen LogP contribution is 2.22. The SMILES string of the molecule is Cc1cc(Cl)ccc1OCC(=O)N(C)c1ccc(N)cc1. The maximum Gasteiger partial charge on any atom is 0.264 e. The molecule has 5 heteroatoms. The summed E-state index contributed by atoms with van der Waals surface area (Å²) in [5.74, 6) is 0.507. The van der Waals surface area contributed by atoms with Crippen molar-refractivity contribution in [2.24, 2.45) is 0 Å². The Balaban J connectivity index is 1.99. The van der Waals surface area contributed by atoms with Gasteiger partial charge in [0.25, 0.3) is 5.91 Å². The van der Waals surface area contributed by atoms with Crippen molar-refractivity contribution in [3.63, 3.8) is 0 Å². The van der Waals surface area contributed by atoms with Gasteiger partial charge in [-0.15, -0.1) is 0 Å². The van der Waals surface area contributed by atoms with Gasteiger partial charge in [0.05, 0.1) is 0 Å². The Morgan fingerprint density at radius 2 is 1.90 bits per heavy atom. The first-order valence-corrected chi connectivity index (χ1v) is 6.86. The average Bonchev–Trinajstić information content (AvgIpc) is 2.46. The Labute approximate surface area is 129 Å². The molecule has 0 saturated carbocycles. The quantitative estimate of drug-likeness (QED) is 0.882. The highest BCUT2D eigenvalue weighted by atomic mass is 35.5. The van der Waals surface area contributed by atoms with Gasteiger partial charge < -0.3 is 15.4 Å². The van der Waals surface area contributed by atoms with Crippen molar-refractivity contribution in [2.45, 2.75) is 6.92 Å². The number of rotatable bonds is 4. The molecule has 0 fully saturated rings. The third-order valence-electron chi connectivity index (χ3n) is 3.14. The predicted octanol–water partition coefficient (Wildman–Crippen LogP) is 3.27. The number of nitrogen functional groups attached to an aromatic ring is 1. The maximum atomic E-state index is 12.1. The summed E-state index contributed by atoms with van der Waals surface area (Å²) in [5, 5.41) is 0.644. The van der Waals surface area contributed by atoms with Crippen LogP contribution in [-0.2, 0) is 4.79 Å². The lowest BCUT2D eigenvalue weighted by Gasteiger charge is -2.18. The van der Waals surface area contributed by atoms with Crippen LogP contribution in [0.1, 0.15) is 5.56 Å². The molecule has 0 aliphatic heterocycles. The number of nitrogens with zero attached hydrogens (tertiary/aromatic N) is 1. The monoisotopic (exact) mass is 304 g/mol. The van der Waals surface area contributed by atoms with Crippen molar-refractivity contribution in [1.82, 2.24) is 0 Å². The molecule has 0 atom stereocenters. The van der Waals surface area contributed by atoms with Crippen molar-refractivity contribution in [3.05, 3.63) is 53.1 Å². The molecule has 0 aromatic heterocycles. The minimum atomic E-state index is -0.144. The van der Waals surface area contributed by atoms with Crippen molar-refractivity contribution >= 4 is 28.9 Å². The summed E-state index contributed by atoms with van der Waals surface area (Å²) >= 11 is 5.88. The Bertz CT molecular complexity index is 641. The number of aryl methyl sites for hydroxylation is 1. The summed E-state index contributed by atoms with van der Waals surface area (Å²) in [6, 6.07) is 12.4. The predicted molar refractivity (Wildman–Crippen MR) is 85.9 cm³/mol. The molecule has 2 N–H and O–H groups in total. The summed E-state index contributed by atoms with van der Waals surface area (Å²) < 4.78 is 5.55. The lowest BCUT2D eigenvalue weighted by Crippen LogP contribution is -2.31. The molecule has 4 nitrogen and oxygen atoms in total. The average molecular weight is 305 g/mol. The van der Waals surface area contributed by atoms with Gasteiger partial charge in [0, 0.05) is 23.4 Å². The highest BCUT2D eigenvalue weighted by molar-refractivity contribution is 6.30. The molecule has 0 radical (unpaired) electrons. The van der Waals surface area contributed by atoms with E-state index < -0.39 is 0 Å². The molecule has 2 rings (SSSR count). The van der Waals surface area contributed by atoms with Crippen LogP contribution in [-0.4, -0.2) is 19.6 Å². The minimum absolute atomic E-state index is 0.0383. The van der Waals surface area contributed by atoms with E-state index in [4.69, 9.17) is 22.1 Å². The number of carbonyl (C=O) groups is 1. The molecule has 0 aliphatic rings. The fourth-order valence-electron chi connectivity index (χ4n) is 1.85. The molecule has 0 heterocycles. The van der Waals surface area contributed by atoms with Crippen LogP contribution in [0.3, 0.4) is 0 Å². The van der Waals surface area contributed by atoms with E-state index in [1.807, 2.05) is 6.92 Å². The number of ether oxygens (including phenoxy) is 1. The van der Waals surface area contributed by atoms with Crippen LogP contribution in [0.15, 0.2) is 42.5 Å². The number of benzene rings is 2. The van der Waals surface area contributed by atoms with Crippen molar-refractivity contribution < 1.29 is 9.53 Å². The van der Waals surface area contributed by atoms with E-state index in [1.165, 1.54) is 4.90 Å². The van der Waals surface area contributed by atoms with Gasteiger partial charge in [0.1, 0.15) is 5.75 Å². The molecule has 1 amide bonds. The number of carbonyl (C=O) groups excluding carboxylic acids is 1. The van der Waals surface area contributed by atoms with Crippen LogP contribution in [0.5, 0.6) is 5.75 Å². The zero-order valence-electron chi connectivity index (χ0n) is 12.0. The summed E-state index contributed by atoms with van der Waals surface area (Å²) in [7, 11) is 1.70. The lowest BCUT2D eigenvalue weighted by molar-refractivity contribution is -0.120. The summed E-state index contributed by atoms with van der Waals surface area (Å²) in [6.07, 6.45) is 0. The third-order valence-corrected chi connectivity index (χ3v) is 3.38. The first-order chi connectivity index (χ1) is 9.97. The zero-order chi connectivity index (χ0) is 15.4. The Hall–Kier alpha value is -2.20. The number of anilines is 2. The number of hydrogen-bond donors (Lipinski definition) is 1. The van der Waals surface area contributed by atoms with Gasteiger partial charge in [-0.2, -0.15) is 0 Å². The van der Waals surface area contributed by atoms with Crippen molar-refractivity contribution in [3.8, 4) is 5.75 Å². The molecule has 0 spiro atoms. The molecule has 2 aromatic rings. The number of hydrogen-bond acceptors (Lipinski definition) is 3. The van der Waals surface area contributed by atoms with Crippen LogP contribution in [0.4, 0.5) is 11.4 Å². The number of halogens is 1. The van der Waals surface area contributed by atoms with E-state index in [-0.39, 0.29) is 12.5 Å². The Morgan fingerprint density at radius 3 is 2.52 bits per heavy atom. The van der Waals surface area contributed by atoms with Crippen LogP contribution in [0.25, 0.3) is 0 Å². The van der Waals surface area contributed by atoms with Gasteiger partial charge in [0.2, 0.25) is 0 Å². The molecule has 21 heavy (non-hydrogen) atoms. The zero-order valence-corrected chi connectivity index (χ0v) is 12.7. The summed E-state index contributed by atoms with van der Waals surface area (Å²) in [6.45, 7) is 1.85. The van der Waals surface area contributed by atoms with Gasteiger partial charge in [-0.25, -0.2) is 0 Å². The molecule has 2 aromatic carbocycles. The second-order valence-electron chi connectivity index (χ2n) is 4.74. The van der Waals surface area contributed by atoms with Gasteiger partial charge in [-0.05, 0) is 55.0 Å². The standard InChI is InChI=1S/C16H17ClN2O2/c1-11-9-12(17)3-8-15(11)21-10-16(20)19(2)14-6-4-13(18)5-7-14/h3-9H,10,18H2,1-2H3. The molecular formula is C16H17ClN2O2. The van der Waals surface area contributed by atoms with Crippen LogP contribution >= 0.6 is 11.6 Å². The summed E-state index contributed by atoms with van der Waals surface area (Å²) in [4.78, 5) is 13.7. The topological polar surface area (TPSA) is 55.6 Å². The van der Waals surface area contributed by atoms with Gasteiger partial charge in [0.15, 0.2) is 6.61 Å². The summed E-state index contributed by atoms with van der Waals surface area (Å²) in [5.41, 5.74) is 7.95. The first-order valence-electron chi connectivity index (χ1n) is 6.48. The fraction of sp³-hybridized carbons (Fsp3) is 0.188. The molecule has 0 bridgehead atoms. The van der Waals surface area contributed by atoms with E-state index in [0.717, 1.165) is 11.3 Å². The van der Waals surface area contributed by atoms with Gasteiger partial charge >= 0.3 is 0 Å². The second-order valence-corrected chi connectivity index (χ2v) is 5.18. The smallest absolute Gasteiger partial charge is 0.264 e.